The molecule has 19 heavy (non-hydrogen) atoms. The Morgan fingerprint density at radius 3 is 2.63 bits per heavy atom. The molecule has 0 saturated heterocycles. The Kier molecular flexibility index (Phi) is 5.00. The summed E-state index contributed by atoms with van der Waals surface area (Å²) in [5.74, 6) is 2.50. The first-order valence-corrected chi connectivity index (χ1v) is 7.35. The van der Waals surface area contributed by atoms with Crippen LogP contribution in [-0.2, 0) is 11.2 Å². The maximum Gasteiger partial charge on any atom is 0.122 e. The third kappa shape index (κ3) is 3.59. The summed E-state index contributed by atoms with van der Waals surface area (Å²) < 4.78 is 5.52. The number of rotatable bonds is 5. The first-order valence-electron chi connectivity index (χ1n) is 7.35. The Labute approximate surface area is 116 Å². The van der Waals surface area contributed by atoms with Gasteiger partial charge < -0.3 is 9.53 Å². The number of benzene rings is 1. The minimum Gasteiger partial charge on any atom is -0.496 e. The molecule has 2 rings (SSSR count). The lowest BCUT2D eigenvalue weighted by molar-refractivity contribution is -0.107. The van der Waals surface area contributed by atoms with Gasteiger partial charge in [0.25, 0.3) is 0 Å². The van der Waals surface area contributed by atoms with E-state index in [1.54, 1.807) is 7.11 Å². The van der Waals surface area contributed by atoms with Crippen molar-refractivity contribution in [2.75, 3.05) is 7.11 Å². The first-order chi connectivity index (χ1) is 9.24. The van der Waals surface area contributed by atoms with Crippen LogP contribution in [0.15, 0.2) is 18.2 Å². The Hall–Kier alpha value is -1.31. The predicted octanol–water partition coefficient (Wildman–Crippen LogP) is 4.12. The van der Waals surface area contributed by atoms with E-state index in [1.807, 2.05) is 0 Å². The summed E-state index contributed by atoms with van der Waals surface area (Å²) in [4.78, 5) is 10.5. The maximum absolute atomic E-state index is 10.5. The van der Waals surface area contributed by atoms with Crippen LogP contribution in [0.25, 0.3) is 0 Å². The highest BCUT2D eigenvalue weighted by Gasteiger charge is 2.22. The topological polar surface area (TPSA) is 26.3 Å². The van der Waals surface area contributed by atoms with Gasteiger partial charge >= 0.3 is 0 Å². The van der Waals surface area contributed by atoms with Gasteiger partial charge in [-0.3, -0.25) is 0 Å². The van der Waals surface area contributed by atoms with Crippen LogP contribution in [0.2, 0.25) is 0 Å². The standard InChI is InChI=1S/C17H24O2/c1-13-5-8-15(9-6-13)16-12-14(4-3-11-18)7-10-17(16)19-2/h7,10-13,15H,3-6,8-9H2,1-2H3. The number of ether oxygens (including phenoxy) is 1. The largest absolute Gasteiger partial charge is 0.496 e. The summed E-state index contributed by atoms with van der Waals surface area (Å²) in [6, 6.07) is 6.40. The molecule has 0 radical (unpaired) electrons. The molecule has 1 aliphatic rings. The van der Waals surface area contributed by atoms with Crippen molar-refractivity contribution in [1.29, 1.82) is 0 Å². The van der Waals surface area contributed by atoms with E-state index >= 15 is 0 Å². The summed E-state index contributed by atoms with van der Waals surface area (Å²) in [5, 5.41) is 0. The molecule has 0 atom stereocenters. The number of aldehydes is 1. The van der Waals surface area contributed by atoms with Crippen LogP contribution in [0.5, 0.6) is 5.75 Å². The lowest BCUT2D eigenvalue weighted by atomic mass is 9.79. The number of carbonyl (C=O) groups is 1. The van der Waals surface area contributed by atoms with Crippen molar-refractivity contribution in [2.45, 2.75) is 51.4 Å². The monoisotopic (exact) mass is 260 g/mol. The predicted molar refractivity (Wildman–Crippen MR) is 77.8 cm³/mol. The van der Waals surface area contributed by atoms with Crippen molar-refractivity contribution >= 4 is 6.29 Å². The smallest absolute Gasteiger partial charge is 0.122 e. The Bertz CT molecular complexity index is 417. The van der Waals surface area contributed by atoms with E-state index < -0.39 is 0 Å². The fourth-order valence-electron chi connectivity index (χ4n) is 3.06. The van der Waals surface area contributed by atoms with Crippen molar-refractivity contribution < 1.29 is 9.53 Å². The van der Waals surface area contributed by atoms with E-state index in [0.29, 0.717) is 12.3 Å². The normalized spacial score (nSPS) is 23.1. The average Bonchev–Trinajstić information content (AvgIpc) is 2.45. The van der Waals surface area contributed by atoms with Crippen LogP contribution < -0.4 is 4.74 Å². The van der Waals surface area contributed by atoms with Gasteiger partial charge in [0.2, 0.25) is 0 Å². The second kappa shape index (κ2) is 6.74. The van der Waals surface area contributed by atoms with E-state index in [2.05, 4.69) is 25.1 Å². The van der Waals surface area contributed by atoms with Crippen molar-refractivity contribution in [1.82, 2.24) is 0 Å². The third-order valence-corrected chi connectivity index (χ3v) is 4.30. The molecule has 2 heteroatoms. The molecule has 1 saturated carbocycles. The van der Waals surface area contributed by atoms with Gasteiger partial charge in [-0.05, 0) is 48.3 Å². The SMILES string of the molecule is COc1ccc(CCC=O)cc1C1CCC(C)CC1. The number of hydrogen-bond acceptors (Lipinski definition) is 2. The van der Waals surface area contributed by atoms with Gasteiger partial charge in [-0.15, -0.1) is 0 Å². The lowest BCUT2D eigenvalue weighted by Crippen LogP contribution is -2.12. The van der Waals surface area contributed by atoms with E-state index in [1.165, 1.54) is 36.8 Å². The van der Waals surface area contributed by atoms with Gasteiger partial charge in [0.05, 0.1) is 7.11 Å². The van der Waals surface area contributed by atoms with Gasteiger partial charge in [-0.2, -0.15) is 0 Å². The van der Waals surface area contributed by atoms with Crippen molar-refractivity contribution in [3.63, 3.8) is 0 Å². The molecule has 1 aromatic rings. The van der Waals surface area contributed by atoms with Crippen LogP contribution in [0.1, 0.15) is 56.1 Å². The number of aryl methyl sites for hydroxylation is 1. The molecule has 2 nitrogen and oxygen atoms in total. The second-order valence-corrected chi connectivity index (χ2v) is 5.74. The fourth-order valence-corrected chi connectivity index (χ4v) is 3.06. The average molecular weight is 260 g/mol. The zero-order valence-electron chi connectivity index (χ0n) is 12.0. The van der Waals surface area contributed by atoms with Gasteiger partial charge in [0.15, 0.2) is 0 Å². The van der Waals surface area contributed by atoms with Gasteiger partial charge in [0.1, 0.15) is 12.0 Å². The van der Waals surface area contributed by atoms with Gasteiger partial charge in [-0.25, -0.2) is 0 Å². The van der Waals surface area contributed by atoms with Gasteiger partial charge in [-0.1, -0.05) is 31.9 Å². The Balaban J connectivity index is 2.18. The molecule has 0 heterocycles. The van der Waals surface area contributed by atoms with E-state index in [9.17, 15) is 4.79 Å². The molecule has 0 unspecified atom stereocenters. The molecule has 0 N–H and O–H groups in total. The molecular weight excluding hydrogens is 236 g/mol. The quantitative estimate of drug-likeness (QED) is 0.744. The molecule has 1 aromatic carbocycles. The highest BCUT2D eigenvalue weighted by atomic mass is 16.5. The molecule has 0 aromatic heterocycles. The van der Waals surface area contributed by atoms with Crippen LogP contribution in [0.4, 0.5) is 0 Å². The van der Waals surface area contributed by atoms with Crippen LogP contribution in [0, 0.1) is 5.92 Å². The molecule has 0 amide bonds. The number of hydrogen-bond donors (Lipinski definition) is 0. The maximum atomic E-state index is 10.5. The molecule has 0 aliphatic heterocycles. The summed E-state index contributed by atoms with van der Waals surface area (Å²) in [6.07, 6.45) is 7.57. The number of carbonyl (C=O) groups excluding carboxylic acids is 1. The van der Waals surface area contributed by atoms with Crippen molar-refractivity contribution in [2.24, 2.45) is 5.92 Å². The number of methoxy groups -OCH3 is 1. The molecular formula is C17H24O2. The summed E-state index contributed by atoms with van der Waals surface area (Å²) in [6.45, 7) is 2.34. The Morgan fingerprint density at radius 1 is 1.26 bits per heavy atom. The Morgan fingerprint density at radius 2 is 2.00 bits per heavy atom. The summed E-state index contributed by atoms with van der Waals surface area (Å²) in [5.41, 5.74) is 2.60. The molecule has 1 fully saturated rings. The van der Waals surface area contributed by atoms with Crippen molar-refractivity contribution in [3.05, 3.63) is 29.3 Å². The minimum atomic E-state index is 0.605. The van der Waals surface area contributed by atoms with Gasteiger partial charge in [0, 0.05) is 6.42 Å². The fraction of sp³-hybridized carbons (Fsp3) is 0.588. The third-order valence-electron chi connectivity index (χ3n) is 4.30. The van der Waals surface area contributed by atoms with E-state index in [0.717, 1.165) is 24.4 Å². The summed E-state index contributed by atoms with van der Waals surface area (Å²) in [7, 11) is 1.75. The minimum absolute atomic E-state index is 0.605. The summed E-state index contributed by atoms with van der Waals surface area (Å²) >= 11 is 0. The second-order valence-electron chi connectivity index (χ2n) is 5.74. The van der Waals surface area contributed by atoms with Crippen molar-refractivity contribution in [3.8, 4) is 5.75 Å². The van der Waals surface area contributed by atoms with Crippen LogP contribution >= 0.6 is 0 Å². The van der Waals surface area contributed by atoms with E-state index in [4.69, 9.17) is 4.74 Å². The zero-order valence-corrected chi connectivity index (χ0v) is 12.0. The van der Waals surface area contributed by atoms with Crippen LogP contribution in [-0.4, -0.2) is 13.4 Å². The highest BCUT2D eigenvalue weighted by Crippen LogP contribution is 2.39. The van der Waals surface area contributed by atoms with Crippen LogP contribution in [0.3, 0.4) is 0 Å². The first kappa shape index (κ1) is 14.1. The highest BCUT2D eigenvalue weighted by molar-refractivity contribution is 5.50. The molecule has 0 bridgehead atoms. The lowest BCUT2D eigenvalue weighted by Gasteiger charge is -2.28. The molecule has 0 spiro atoms. The zero-order chi connectivity index (χ0) is 13.7. The molecule has 104 valence electrons. The van der Waals surface area contributed by atoms with E-state index in [-0.39, 0.29) is 0 Å². The molecule has 1 aliphatic carbocycles.